The van der Waals surface area contributed by atoms with Gasteiger partial charge in [-0.25, -0.2) is 0 Å². The van der Waals surface area contributed by atoms with Gasteiger partial charge in [0, 0.05) is 32.8 Å². The molecule has 0 bridgehead atoms. The van der Waals surface area contributed by atoms with Crippen LogP contribution in [-0.4, -0.2) is 38.8 Å². The van der Waals surface area contributed by atoms with Crippen LogP contribution in [0.15, 0.2) is 35.3 Å². The molecule has 1 aromatic carbocycles. The highest BCUT2D eigenvalue weighted by Gasteiger charge is 1.97. The molecule has 4 nitrogen and oxygen atoms in total. The third kappa shape index (κ3) is 10.8. The van der Waals surface area contributed by atoms with E-state index in [1.165, 1.54) is 5.56 Å². The summed E-state index contributed by atoms with van der Waals surface area (Å²) in [7, 11) is 0. The Morgan fingerprint density at radius 2 is 1.86 bits per heavy atom. The fraction of sp³-hybridized carbons (Fsp3) is 0.588. The van der Waals surface area contributed by atoms with Gasteiger partial charge in [-0.15, -0.1) is 24.0 Å². The van der Waals surface area contributed by atoms with E-state index in [4.69, 9.17) is 4.74 Å². The molecule has 1 aromatic rings. The van der Waals surface area contributed by atoms with E-state index in [0.29, 0.717) is 0 Å². The first-order valence-corrected chi connectivity index (χ1v) is 8.00. The molecule has 0 unspecified atom stereocenters. The lowest BCUT2D eigenvalue weighted by Crippen LogP contribution is -2.38. The predicted molar refractivity (Wildman–Crippen MR) is 105 cm³/mol. The molecule has 0 aliphatic rings. The minimum Gasteiger partial charge on any atom is -0.382 e. The summed E-state index contributed by atoms with van der Waals surface area (Å²) in [6, 6.07) is 10.5. The molecule has 0 aliphatic heterocycles. The zero-order valence-corrected chi connectivity index (χ0v) is 16.1. The smallest absolute Gasteiger partial charge is 0.191 e. The molecule has 0 aromatic heterocycles. The Labute approximate surface area is 152 Å². The summed E-state index contributed by atoms with van der Waals surface area (Å²) in [4.78, 5) is 4.58. The van der Waals surface area contributed by atoms with Crippen LogP contribution in [0, 0.1) is 0 Å². The maximum atomic E-state index is 5.32. The van der Waals surface area contributed by atoms with E-state index < -0.39 is 0 Å². The Morgan fingerprint density at radius 3 is 2.55 bits per heavy atom. The number of ether oxygens (including phenoxy) is 1. The van der Waals surface area contributed by atoms with Gasteiger partial charge < -0.3 is 15.4 Å². The number of rotatable bonds is 10. The van der Waals surface area contributed by atoms with Gasteiger partial charge in [-0.05, 0) is 38.7 Å². The van der Waals surface area contributed by atoms with Crippen LogP contribution >= 0.6 is 24.0 Å². The molecule has 0 atom stereocenters. The lowest BCUT2D eigenvalue weighted by atomic mass is 10.1. The minimum atomic E-state index is 0. The molecule has 0 spiro atoms. The first-order chi connectivity index (χ1) is 10.4. The zero-order chi connectivity index (χ0) is 15.2. The monoisotopic (exact) mass is 419 g/mol. The first-order valence-electron chi connectivity index (χ1n) is 8.00. The Morgan fingerprint density at radius 1 is 1.09 bits per heavy atom. The van der Waals surface area contributed by atoms with Gasteiger partial charge in [0.25, 0.3) is 0 Å². The van der Waals surface area contributed by atoms with Gasteiger partial charge in [-0.1, -0.05) is 30.3 Å². The lowest BCUT2D eigenvalue weighted by Gasteiger charge is -2.11. The summed E-state index contributed by atoms with van der Waals surface area (Å²) in [6.45, 7) is 8.37. The summed E-state index contributed by atoms with van der Waals surface area (Å²) >= 11 is 0. The topological polar surface area (TPSA) is 45.7 Å². The number of hydrogen-bond acceptors (Lipinski definition) is 2. The second-order valence-corrected chi connectivity index (χ2v) is 4.83. The number of nitrogens with one attached hydrogen (secondary N) is 2. The third-order valence-electron chi connectivity index (χ3n) is 3.06. The predicted octanol–water partition coefficient (Wildman–Crippen LogP) is 3.22. The second-order valence-electron chi connectivity index (χ2n) is 4.83. The number of nitrogens with zero attached hydrogens (tertiary/aromatic N) is 1. The molecule has 0 saturated heterocycles. The van der Waals surface area contributed by atoms with Crippen molar-refractivity contribution in [1.29, 1.82) is 0 Å². The van der Waals surface area contributed by atoms with Gasteiger partial charge >= 0.3 is 0 Å². The molecule has 0 fully saturated rings. The van der Waals surface area contributed by atoms with Crippen molar-refractivity contribution in [3.63, 3.8) is 0 Å². The van der Waals surface area contributed by atoms with Crippen molar-refractivity contribution in [3.8, 4) is 0 Å². The maximum Gasteiger partial charge on any atom is 0.191 e. The SMILES string of the molecule is CCNC(=NCCCCOCC)NCCc1ccccc1.I. The van der Waals surface area contributed by atoms with Crippen molar-refractivity contribution < 1.29 is 4.74 Å². The van der Waals surface area contributed by atoms with E-state index in [1.807, 2.05) is 13.0 Å². The van der Waals surface area contributed by atoms with E-state index in [-0.39, 0.29) is 24.0 Å². The van der Waals surface area contributed by atoms with Crippen LogP contribution in [0.2, 0.25) is 0 Å². The molecule has 1 rings (SSSR count). The van der Waals surface area contributed by atoms with Crippen LogP contribution in [-0.2, 0) is 11.2 Å². The Bertz CT molecular complexity index is 385. The van der Waals surface area contributed by atoms with Crippen LogP contribution in [0.25, 0.3) is 0 Å². The standard InChI is InChI=1S/C17H29N3O.HI/c1-3-18-17(19-13-8-9-15-21-4-2)20-14-12-16-10-6-5-7-11-16;/h5-7,10-11H,3-4,8-9,12-15H2,1-2H3,(H2,18,19,20);1H. The van der Waals surface area contributed by atoms with E-state index in [0.717, 1.165) is 58.1 Å². The zero-order valence-electron chi connectivity index (χ0n) is 13.8. The van der Waals surface area contributed by atoms with Crippen molar-refractivity contribution in [2.45, 2.75) is 33.1 Å². The van der Waals surface area contributed by atoms with Crippen molar-refractivity contribution in [2.75, 3.05) is 32.8 Å². The van der Waals surface area contributed by atoms with Crippen molar-refractivity contribution in [1.82, 2.24) is 10.6 Å². The fourth-order valence-electron chi connectivity index (χ4n) is 1.96. The normalized spacial score (nSPS) is 10.9. The van der Waals surface area contributed by atoms with Crippen molar-refractivity contribution in [3.05, 3.63) is 35.9 Å². The Balaban J connectivity index is 0.00000441. The largest absolute Gasteiger partial charge is 0.382 e. The molecular formula is C17H30IN3O. The number of unbranched alkanes of at least 4 members (excludes halogenated alkanes) is 1. The van der Waals surface area contributed by atoms with E-state index in [9.17, 15) is 0 Å². The van der Waals surface area contributed by atoms with Gasteiger partial charge in [0.15, 0.2) is 5.96 Å². The van der Waals surface area contributed by atoms with Crippen LogP contribution in [0.5, 0.6) is 0 Å². The van der Waals surface area contributed by atoms with Crippen LogP contribution < -0.4 is 10.6 Å². The summed E-state index contributed by atoms with van der Waals surface area (Å²) in [5.74, 6) is 0.907. The molecule has 22 heavy (non-hydrogen) atoms. The van der Waals surface area contributed by atoms with E-state index in [1.54, 1.807) is 0 Å². The number of guanidine groups is 1. The average molecular weight is 419 g/mol. The highest BCUT2D eigenvalue weighted by Crippen LogP contribution is 1.98. The van der Waals surface area contributed by atoms with Gasteiger partial charge in [-0.2, -0.15) is 0 Å². The summed E-state index contributed by atoms with van der Waals surface area (Å²) in [5, 5.41) is 6.66. The van der Waals surface area contributed by atoms with Gasteiger partial charge in [-0.3, -0.25) is 4.99 Å². The van der Waals surface area contributed by atoms with Gasteiger partial charge in [0.05, 0.1) is 0 Å². The minimum absolute atomic E-state index is 0. The van der Waals surface area contributed by atoms with E-state index >= 15 is 0 Å². The first kappa shape index (κ1) is 21.2. The van der Waals surface area contributed by atoms with Crippen LogP contribution in [0.4, 0.5) is 0 Å². The number of benzene rings is 1. The van der Waals surface area contributed by atoms with Gasteiger partial charge in [0.1, 0.15) is 0 Å². The van der Waals surface area contributed by atoms with Crippen molar-refractivity contribution >= 4 is 29.9 Å². The number of hydrogen-bond donors (Lipinski definition) is 2. The molecule has 5 heteroatoms. The highest BCUT2D eigenvalue weighted by atomic mass is 127. The average Bonchev–Trinajstić information content (AvgIpc) is 2.51. The summed E-state index contributed by atoms with van der Waals surface area (Å²) in [6.07, 6.45) is 3.14. The summed E-state index contributed by atoms with van der Waals surface area (Å²) < 4.78 is 5.32. The maximum absolute atomic E-state index is 5.32. The molecular weight excluding hydrogens is 389 g/mol. The van der Waals surface area contributed by atoms with Gasteiger partial charge in [0.2, 0.25) is 0 Å². The van der Waals surface area contributed by atoms with E-state index in [2.05, 4.69) is 46.8 Å². The number of halogens is 1. The summed E-state index contributed by atoms with van der Waals surface area (Å²) in [5.41, 5.74) is 1.34. The fourth-order valence-corrected chi connectivity index (χ4v) is 1.96. The quantitative estimate of drug-likeness (QED) is 0.265. The molecule has 0 radical (unpaired) electrons. The van der Waals surface area contributed by atoms with Crippen LogP contribution in [0.3, 0.4) is 0 Å². The Hall–Kier alpha value is -0.820. The molecule has 0 heterocycles. The second kappa shape index (κ2) is 15.1. The molecule has 0 amide bonds. The van der Waals surface area contributed by atoms with Crippen LogP contribution in [0.1, 0.15) is 32.3 Å². The number of aliphatic imine (C=N–C) groups is 1. The lowest BCUT2D eigenvalue weighted by molar-refractivity contribution is 0.144. The Kier molecular flexibility index (Phi) is 14.5. The molecule has 0 saturated carbocycles. The highest BCUT2D eigenvalue weighted by molar-refractivity contribution is 14.0. The van der Waals surface area contributed by atoms with Crippen molar-refractivity contribution in [2.24, 2.45) is 4.99 Å². The molecule has 2 N–H and O–H groups in total. The molecule has 126 valence electrons. The molecule has 0 aliphatic carbocycles. The third-order valence-corrected chi connectivity index (χ3v) is 3.06.